The number of carbonyl (C=O) groups is 2. The summed E-state index contributed by atoms with van der Waals surface area (Å²) in [5.41, 5.74) is -0.333. The van der Waals surface area contributed by atoms with Crippen molar-refractivity contribution >= 4 is 12.0 Å². The zero-order valence-electron chi connectivity index (χ0n) is 11.4. The van der Waals surface area contributed by atoms with Gasteiger partial charge in [0.25, 0.3) is 0 Å². The predicted molar refractivity (Wildman–Crippen MR) is 69.5 cm³/mol. The van der Waals surface area contributed by atoms with E-state index in [-0.39, 0.29) is 18.4 Å². The van der Waals surface area contributed by atoms with Gasteiger partial charge >= 0.3 is 12.0 Å². The Labute approximate surface area is 111 Å². The summed E-state index contributed by atoms with van der Waals surface area (Å²) < 4.78 is 0. The first-order valence-corrected chi connectivity index (χ1v) is 6.03. The lowest BCUT2D eigenvalue weighted by Gasteiger charge is -2.30. The molecule has 1 aromatic heterocycles. The Morgan fingerprint density at radius 2 is 2.16 bits per heavy atom. The van der Waals surface area contributed by atoms with E-state index in [1.165, 1.54) is 0 Å². The third-order valence-corrected chi connectivity index (χ3v) is 2.70. The van der Waals surface area contributed by atoms with Crippen molar-refractivity contribution in [3.05, 3.63) is 18.2 Å². The molecule has 106 valence electrons. The summed E-state index contributed by atoms with van der Waals surface area (Å²) in [5.74, 6) is -0.299. The molecule has 1 rings (SSSR count). The van der Waals surface area contributed by atoms with Crippen molar-refractivity contribution < 1.29 is 14.7 Å². The van der Waals surface area contributed by atoms with Crippen molar-refractivity contribution in [1.29, 1.82) is 0 Å². The van der Waals surface area contributed by atoms with Crippen LogP contribution in [0.15, 0.2) is 12.4 Å². The van der Waals surface area contributed by atoms with Gasteiger partial charge in [-0.25, -0.2) is 9.78 Å². The van der Waals surface area contributed by atoms with Crippen LogP contribution in [0.25, 0.3) is 0 Å². The Balaban J connectivity index is 2.49. The van der Waals surface area contributed by atoms with E-state index in [9.17, 15) is 9.59 Å². The highest BCUT2D eigenvalue weighted by atomic mass is 16.4. The maximum atomic E-state index is 11.7. The van der Waals surface area contributed by atoms with Crippen LogP contribution in [-0.2, 0) is 11.3 Å². The molecule has 0 saturated carbocycles. The first-order valence-electron chi connectivity index (χ1n) is 6.03. The molecule has 0 spiro atoms. The maximum Gasteiger partial charge on any atom is 0.315 e. The fraction of sp³-hybridized carbons (Fsp3) is 0.583. The summed E-state index contributed by atoms with van der Waals surface area (Å²) in [6.45, 7) is 5.91. The van der Waals surface area contributed by atoms with Gasteiger partial charge in [-0.3, -0.25) is 4.79 Å². The van der Waals surface area contributed by atoms with Gasteiger partial charge < -0.3 is 20.7 Å². The number of hydrogen-bond donors (Lipinski definition) is 4. The lowest BCUT2D eigenvalue weighted by molar-refractivity contribution is -0.138. The number of rotatable bonds is 5. The van der Waals surface area contributed by atoms with Crippen LogP contribution in [0.1, 0.15) is 33.0 Å². The van der Waals surface area contributed by atoms with E-state index in [4.69, 9.17) is 5.11 Å². The standard InChI is InChI=1S/C12H20N4O3/c1-12(2,3)8(6-10(17)18)16-11(19)15-7-9-13-4-5-14-9/h4-5,8H,6-7H2,1-3H3,(H,13,14)(H,17,18)(H2,15,16,19). The third-order valence-electron chi connectivity index (χ3n) is 2.70. The first-order chi connectivity index (χ1) is 8.79. The molecule has 1 heterocycles. The minimum absolute atomic E-state index is 0.113. The predicted octanol–water partition coefficient (Wildman–Crippen LogP) is 1.10. The van der Waals surface area contributed by atoms with Crippen LogP contribution >= 0.6 is 0 Å². The molecule has 19 heavy (non-hydrogen) atoms. The highest BCUT2D eigenvalue weighted by Crippen LogP contribution is 2.21. The zero-order chi connectivity index (χ0) is 14.5. The molecular weight excluding hydrogens is 248 g/mol. The molecule has 0 aromatic carbocycles. The fourth-order valence-corrected chi connectivity index (χ4v) is 1.52. The third kappa shape index (κ3) is 5.41. The lowest BCUT2D eigenvalue weighted by Crippen LogP contribution is -2.48. The Hall–Kier alpha value is -2.05. The quantitative estimate of drug-likeness (QED) is 0.641. The molecule has 0 saturated heterocycles. The van der Waals surface area contributed by atoms with Crippen molar-refractivity contribution in [2.45, 2.75) is 39.8 Å². The van der Waals surface area contributed by atoms with Gasteiger partial charge in [-0.05, 0) is 5.41 Å². The van der Waals surface area contributed by atoms with E-state index in [1.807, 2.05) is 20.8 Å². The summed E-state index contributed by atoms with van der Waals surface area (Å²) >= 11 is 0. The van der Waals surface area contributed by atoms with E-state index in [0.29, 0.717) is 5.82 Å². The molecule has 1 unspecified atom stereocenters. The van der Waals surface area contributed by atoms with Crippen LogP contribution in [0.3, 0.4) is 0 Å². The summed E-state index contributed by atoms with van der Waals surface area (Å²) in [6, 6.07) is -0.848. The van der Waals surface area contributed by atoms with Crippen LogP contribution in [0.4, 0.5) is 4.79 Å². The Bertz CT molecular complexity index is 423. The molecule has 7 nitrogen and oxygen atoms in total. The molecule has 7 heteroatoms. The Morgan fingerprint density at radius 1 is 1.47 bits per heavy atom. The van der Waals surface area contributed by atoms with Gasteiger partial charge in [0.1, 0.15) is 5.82 Å². The minimum Gasteiger partial charge on any atom is -0.481 e. The highest BCUT2D eigenvalue weighted by molar-refractivity contribution is 5.75. The summed E-state index contributed by atoms with van der Waals surface area (Å²) in [4.78, 5) is 29.3. The number of aromatic nitrogens is 2. The molecule has 1 aromatic rings. The second-order valence-corrected chi connectivity index (χ2v) is 5.38. The van der Waals surface area contributed by atoms with Crippen molar-refractivity contribution in [1.82, 2.24) is 20.6 Å². The molecule has 0 fully saturated rings. The van der Waals surface area contributed by atoms with Gasteiger partial charge in [0, 0.05) is 18.4 Å². The number of nitrogens with zero attached hydrogens (tertiary/aromatic N) is 1. The number of imidazole rings is 1. The number of H-pyrrole nitrogens is 1. The van der Waals surface area contributed by atoms with Gasteiger partial charge in [-0.15, -0.1) is 0 Å². The van der Waals surface area contributed by atoms with Crippen LogP contribution in [-0.4, -0.2) is 33.1 Å². The van der Waals surface area contributed by atoms with E-state index in [2.05, 4.69) is 20.6 Å². The molecule has 0 aliphatic heterocycles. The number of aromatic amines is 1. The van der Waals surface area contributed by atoms with Crippen LogP contribution in [0, 0.1) is 5.41 Å². The van der Waals surface area contributed by atoms with Gasteiger partial charge in [0.15, 0.2) is 0 Å². The van der Waals surface area contributed by atoms with Gasteiger partial charge in [0.05, 0.1) is 13.0 Å². The largest absolute Gasteiger partial charge is 0.481 e. The monoisotopic (exact) mass is 268 g/mol. The van der Waals surface area contributed by atoms with Gasteiger partial charge in [-0.2, -0.15) is 0 Å². The average molecular weight is 268 g/mol. The second kappa shape index (κ2) is 6.21. The topological polar surface area (TPSA) is 107 Å². The average Bonchev–Trinajstić information content (AvgIpc) is 2.76. The Morgan fingerprint density at radius 3 is 2.63 bits per heavy atom. The van der Waals surface area contributed by atoms with Crippen molar-refractivity contribution in [2.24, 2.45) is 5.41 Å². The molecule has 0 radical (unpaired) electrons. The Kier molecular flexibility index (Phi) is 4.91. The number of carboxylic acid groups (broad SMARTS) is 1. The maximum absolute atomic E-state index is 11.7. The lowest BCUT2D eigenvalue weighted by atomic mass is 9.85. The van der Waals surface area contributed by atoms with Crippen LogP contribution in [0.5, 0.6) is 0 Å². The zero-order valence-corrected chi connectivity index (χ0v) is 11.4. The second-order valence-electron chi connectivity index (χ2n) is 5.38. The summed E-state index contributed by atoms with van der Waals surface area (Å²) in [7, 11) is 0. The molecule has 1 atom stereocenters. The number of nitrogens with one attached hydrogen (secondary N) is 3. The molecule has 0 aliphatic rings. The highest BCUT2D eigenvalue weighted by Gasteiger charge is 2.28. The SMILES string of the molecule is CC(C)(C)C(CC(=O)O)NC(=O)NCc1ncc[nH]1. The van der Waals surface area contributed by atoms with Gasteiger partial charge in [-0.1, -0.05) is 20.8 Å². The molecular formula is C12H20N4O3. The van der Waals surface area contributed by atoms with E-state index in [1.54, 1.807) is 12.4 Å². The molecule has 4 N–H and O–H groups in total. The van der Waals surface area contributed by atoms with E-state index in [0.717, 1.165) is 0 Å². The number of aliphatic carboxylic acids is 1. The number of hydrogen-bond acceptors (Lipinski definition) is 3. The number of carbonyl (C=O) groups excluding carboxylic acids is 1. The van der Waals surface area contributed by atoms with E-state index >= 15 is 0 Å². The van der Waals surface area contributed by atoms with Crippen molar-refractivity contribution in [3.8, 4) is 0 Å². The summed E-state index contributed by atoms with van der Waals surface area (Å²) in [5, 5.41) is 14.2. The van der Waals surface area contributed by atoms with E-state index < -0.39 is 18.0 Å². The molecule has 0 bridgehead atoms. The van der Waals surface area contributed by atoms with Crippen molar-refractivity contribution in [2.75, 3.05) is 0 Å². The van der Waals surface area contributed by atoms with Crippen LogP contribution < -0.4 is 10.6 Å². The normalized spacial score (nSPS) is 12.8. The first kappa shape index (κ1) is 15.0. The number of amides is 2. The molecule has 2 amide bonds. The number of urea groups is 1. The van der Waals surface area contributed by atoms with Crippen molar-refractivity contribution in [3.63, 3.8) is 0 Å². The minimum atomic E-state index is -0.939. The smallest absolute Gasteiger partial charge is 0.315 e. The number of carboxylic acids is 1. The fourth-order valence-electron chi connectivity index (χ4n) is 1.52. The molecule has 0 aliphatic carbocycles. The van der Waals surface area contributed by atoms with Crippen LogP contribution in [0.2, 0.25) is 0 Å². The summed E-state index contributed by atoms with van der Waals surface area (Å²) in [6.07, 6.45) is 3.15. The van der Waals surface area contributed by atoms with Gasteiger partial charge in [0.2, 0.25) is 0 Å².